The molecule has 0 aliphatic heterocycles. The van der Waals surface area contributed by atoms with E-state index in [0.29, 0.717) is 22.4 Å². The largest absolute Gasteiger partial charge is 0.483 e. The van der Waals surface area contributed by atoms with Crippen molar-refractivity contribution in [2.75, 3.05) is 5.32 Å². The number of hydrogen-bond acceptors (Lipinski definition) is 4. The topological polar surface area (TPSA) is 69.3 Å². The molecule has 2 heterocycles. The number of anilines is 1. The molecular formula is C22H15Cl4N3O3. The molecule has 0 saturated heterocycles. The van der Waals surface area contributed by atoms with E-state index in [0.717, 1.165) is 5.56 Å². The first kappa shape index (κ1) is 22.6. The van der Waals surface area contributed by atoms with Gasteiger partial charge in [0.15, 0.2) is 17.3 Å². The lowest BCUT2D eigenvalue weighted by molar-refractivity contribution is 0.0992. The standard InChI is InChI=1S/C22H15Cl4N3O3/c23-14-8-16(24)20(17(25)9-14)31-12-15-6-7-19(32-15)22(30)27-21-18(26)11-29(28-21)10-13-4-2-1-3-5-13/h1-9,11H,10,12H2,(H,27,28,30). The summed E-state index contributed by atoms with van der Waals surface area (Å²) in [5, 5.41) is 8.23. The summed E-state index contributed by atoms with van der Waals surface area (Å²) in [5.74, 6) is 0.492. The molecule has 2 aromatic carbocycles. The van der Waals surface area contributed by atoms with Gasteiger partial charge in [-0.15, -0.1) is 0 Å². The zero-order valence-corrected chi connectivity index (χ0v) is 19.3. The molecule has 2 aromatic heterocycles. The first-order valence-electron chi connectivity index (χ1n) is 9.33. The van der Waals surface area contributed by atoms with Gasteiger partial charge in [0.05, 0.1) is 16.6 Å². The summed E-state index contributed by atoms with van der Waals surface area (Å²) in [6, 6.07) is 15.9. The van der Waals surface area contributed by atoms with E-state index >= 15 is 0 Å². The number of benzene rings is 2. The molecule has 0 radical (unpaired) electrons. The zero-order chi connectivity index (χ0) is 22.7. The molecule has 1 amide bonds. The lowest BCUT2D eigenvalue weighted by atomic mass is 10.2. The van der Waals surface area contributed by atoms with Crippen LogP contribution in [0.2, 0.25) is 20.1 Å². The van der Waals surface area contributed by atoms with Gasteiger partial charge in [-0.1, -0.05) is 76.7 Å². The number of nitrogens with zero attached hydrogens (tertiary/aromatic N) is 2. The minimum atomic E-state index is -0.495. The predicted octanol–water partition coefficient (Wildman–Crippen LogP) is 6.97. The summed E-state index contributed by atoms with van der Waals surface area (Å²) >= 11 is 24.3. The number of carbonyl (C=O) groups is 1. The van der Waals surface area contributed by atoms with E-state index in [9.17, 15) is 4.79 Å². The normalized spacial score (nSPS) is 10.9. The summed E-state index contributed by atoms with van der Waals surface area (Å²) in [6.07, 6.45) is 1.64. The first-order chi connectivity index (χ1) is 15.4. The predicted molar refractivity (Wildman–Crippen MR) is 125 cm³/mol. The smallest absolute Gasteiger partial charge is 0.292 e. The van der Waals surface area contributed by atoms with E-state index in [2.05, 4.69) is 10.4 Å². The molecule has 0 aliphatic carbocycles. The first-order valence-corrected chi connectivity index (χ1v) is 10.8. The second kappa shape index (κ2) is 9.88. The Morgan fingerprint density at radius 2 is 1.72 bits per heavy atom. The molecule has 10 heteroatoms. The maximum atomic E-state index is 12.6. The summed E-state index contributed by atoms with van der Waals surface area (Å²) in [5.41, 5.74) is 1.06. The number of aromatic nitrogens is 2. The summed E-state index contributed by atoms with van der Waals surface area (Å²) in [7, 11) is 0. The van der Waals surface area contributed by atoms with E-state index in [1.807, 2.05) is 30.3 Å². The molecule has 164 valence electrons. The molecule has 0 unspecified atom stereocenters. The quantitative estimate of drug-likeness (QED) is 0.291. The molecular weight excluding hydrogens is 496 g/mol. The fourth-order valence-corrected chi connectivity index (χ4v) is 4.01. The van der Waals surface area contributed by atoms with Crippen LogP contribution in [-0.4, -0.2) is 15.7 Å². The van der Waals surface area contributed by atoms with Crippen LogP contribution in [0, 0.1) is 0 Å². The Bertz CT molecular complexity index is 1230. The molecule has 4 rings (SSSR count). The van der Waals surface area contributed by atoms with Crippen LogP contribution in [0.5, 0.6) is 5.75 Å². The third-order valence-corrected chi connectivity index (χ3v) is 5.40. The van der Waals surface area contributed by atoms with Gasteiger partial charge in [0.2, 0.25) is 0 Å². The van der Waals surface area contributed by atoms with Crippen molar-refractivity contribution in [2.45, 2.75) is 13.2 Å². The van der Waals surface area contributed by atoms with Crippen LogP contribution < -0.4 is 10.1 Å². The third-order valence-electron chi connectivity index (χ3n) is 4.34. The Morgan fingerprint density at radius 1 is 1.00 bits per heavy atom. The Kier molecular flexibility index (Phi) is 6.96. The van der Waals surface area contributed by atoms with Gasteiger partial charge in [-0.05, 0) is 29.8 Å². The van der Waals surface area contributed by atoms with Crippen LogP contribution in [0.4, 0.5) is 5.82 Å². The molecule has 4 aromatic rings. The van der Waals surface area contributed by atoms with Gasteiger partial charge >= 0.3 is 0 Å². The van der Waals surface area contributed by atoms with Crippen molar-refractivity contribution in [3.63, 3.8) is 0 Å². The minimum Gasteiger partial charge on any atom is -0.483 e. The van der Waals surface area contributed by atoms with Gasteiger partial charge in [-0.25, -0.2) is 0 Å². The Hall–Kier alpha value is -2.64. The summed E-state index contributed by atoms with van der Waals surface area (Å²) < 4.78 is 12.8. The number of nitrogens with one attached hydrogen (secondary N) is 1. The van der Waals surface area contributed by atoms with E-state index in [-0.39, 0.29) is 34.0 Å². The van der Waals surface area contributed by atoms with Crippen LogP contribution >= 0.6 is 46.4 Å². The average molecular weight is 511 g/mol. The second-order valence-electron chi connectivity index (χ2n) is 6.72. The number of halogens is 4. The number of hydrogen-bond donors (Lipinski definition) is 1. The van der Waals surface area contributed by atoms with E-state index < -0.39 is 5.91 Å². The van der Waals surface area contributed by atoms with Crippen molar-refractivity contribution in [3.05, 3.63) is 98.0 Å². The highest BCUT2D eigenvalue weighted by Gasteiger charge is 2.17. The third kappa shape index (κ3) is 5.40. The highest BCUT2D eigenvalue weighted by atomic mass is 35.5. The number of rotatable bonds is 7. The molecule has 0 fully saturated rings. The highest BCUT2D eigenvalue weighted by Crippen LogP contribution is 2.36. The van der Waals surface area contributed by atoms with Crippen LogP contribution in [0.3, 0.4) is 0 Å². The zero-order valence-electron chi connectivity index (χ0n) is 16.3. The van der Waals surface area contributed by atoms with E-state index in [1.165, 1.54) is 18.2 Å². The number of carbonyl (C=O) groups excluding carboxylic acids is 1. The Balaban J connectivity index is 1.39. The monoisotopic (exact) mass is 509 g/mol. The Morgan fingerprint density at radius 3 is 2.44 bits per heavy atom. The highest BCUT2D eigenvalue weighted by molar-refractivity contribution is 6.40. The van der Waals surface area contributed by atoms with Crippen molar-refractivity contribution in [1.82, 2.24) is 9.78 Å². The van der Waals surface area contributed by atoms with Crippen LogP contribution in [0.25, 0.3) is 0 Å². The van der Waals surface area contributed by atoms with Gasteiger partial charge in [0, 0.05) is 11.2 Å². The second-order valence-corrected chi connectivity index (χ2v) is 8.37. The van der Waals surface area contributed by atoms with Crippen LogP contribution in [0.15, 0.2) is 65.2 Å². The van der Waals surface area contributed by atoms with Crippen LogP contribution in [0.1, 0.15) is 21.9 Å². The average Bonchev–Trinajstić information content (AvgIpc) is 3.35. The van der Waals surface area contributed by atoms with Gasteiger partial charge in [-0.2, -0.15) is 5.10 Å². The lowest BCUT2D eigenvalue weighted by Gasteiger charge is -2.09. The number of ether oxygens (including phenoxy) is 1. The number of amides is 1. The maximum Gasteiger partial charge on any atom is 0.292 e. The van der Waals surface area contributed by atoms with Crippen molar-refractivity contribution >= 4 is 58.1 Å². The van der Waals surface area contributed by atoms with Gasteiger partial charge in [0.1, 0.15) is 17.4 Å². The van der Waals surface area contributed by atoms with Crippen molar-refractivity contribution in [1.29, 1.82) is 0 Å². The van der Waals surface area contributed by atoms with E-state index in [4.69, 9.17) is 55.6 Å². The van der Waals surface area contributed by atoms with E-state index in [1.54, 1.807) is 16.9 Å². The minimum absolute atomic E-state index is 0.0147. The summed E-state index contributed by atoms with van der Waals surface area (Å²) in [6.45, 7) is 0.537. The molecule has 0 atom stereocenters. The molecule has 32 heavy (non-hydrogen) atoms. The van der Waals surface area contributed by atoms with Gasteiger partial charge in [-0.3, -0.25) is 9.48 Å². The maximum absolute atomic E-state index is 12.6. The van der Waals surface area contributed by atoms with Gasteiger partial charge in [0.25, 0.3) is 5.91 Å². The van der Waals surface area contributed by atoms with Crippen LogP contribution in [-0.2, 0) is 13.2 Å². The SMILES string of the molecule is O=C(Nc1nn(Cc2ccccc2)cc1Cl)c1ccc(COc2c(Cl)cc(Cl)cc2Cl)o1. The van der Waals surface area contributed by atoms with Crippen molar-refractivity contribution in [3.8, 4) is 5.75 Å². The van der Waals surface area contributed by atoms with Crippen molar-refractivity contribution in [2.24, 2.45) is 0 Å². The fourth-order valence-electron chi connectivity index (χ4n) is 2.89. The van der Waals surface area contributed by atoms with Crippen molar-refractivity contribution < 1.29 is 13.9 Å². The molecule has 6 nitrogen and oxygen atoms in total. The number of furan rings is 1. The molecule has 0 saturated carbocycles. The summed E-state index contributed by atoms with van der Waals surface area (Å²) in [4.78, 5) is 12.6. The molecule has 0 aliphatic rings. The molecule has 0 spiro atoms. The van der Waals surface area contributed by atoms with Gasteiger partial charge < -0.3 is 14.5 Å². The Labute approximate surface area is 203 Å². The lowest BCUT2D eigenvalue weighted by Crippen LogP contribution is -2.12. The molecule has 1 N–H and O–H groups in total. The molecule has 0 bridgehead atoms. The fraction of sp³-hybridized carbons (Fsp3) is 0.0909.